The summed E-state index contributed by atoms with van der Waals surface area (Å²) in [6.07, 6.45) is 4.81. The molecule has 1 N–H and O–H groups in total. The number of hydrogen-bond donors (Lipinski definition) is 1. The fraction of sp³-hybridized carbons (Fsp3) is 0.636. The molecule has 164 valence electrons. The lowest BCUT2D eigenvalue weighted by molar-refractivity contribution is -0.871. The number of carboxylic acids is 1. The molecule has 1 aromatic rings. The molecule has 1 rings (SSSR count). The van der Waals surface area contributed by atoms with Crippen molar-refractivity contribution in [3.8, 4) is 0 Å². The van der Waals surface area contributed by atoms with E-state index in [2.05, 4.69) is 5.32 Å². The van der Waals surface area contributed by atoms with Crippen LogP contribution in [0.15, 0.2) is 24.3 Å². The van der Waals surface area contributed by atoms with Crippen molar-refractivity contribution >= 4 is 11.9 Å². The predicted molar refractivity (Wildman–Crippen MR) is 108 cm³/mol. The van der Waals surface area contributed by atoms with Crippen LogP contribution in [0.3, 0.4) is 0 Å². The number of nitrogens with zero attached hydrogens (tertiary/aromatic N) is 1. The SMILES string of the molecule is C[N+](C)(C)C[C@@H](CC(=O)[O-])NC(=O)CCCCCCCOCc1ccccc1F. The summed E-state index contributed by atoms with van der Waals surface area (Å²) in [5.41, 5.74) is 0.570. The monoisotopic (exact) mass is 410 g/mol. The summed E-state index contributed by atoms with van der Waals surface area (Å²) in [5.74, 6) is -1.51. The third kappa shape index (κ3) is 13.0. The summed E-state index contributed by atoms with van der Waals surface area (Å²) in [6.45, 7) is 1.41. The molecular formula is C22H35FN2O4. The second kappa shape index (κ2) is 13.3. The van der Waals surface area contributed by atoms with Gasteiger partial charge in [-0.2, -0.15) is 0 Å². The first-order valence-electron chi connectivity index (χ1n) is 10.3. The molecule has 0 saturated heterocycles. The van der Waals surface area contributed by atoms with Crippen LogP contribution in [-0.4, -0.2) is 56.7 Å². The molecule has 0 aliphatic rings. The van der Waals surface area contributed by atoms with Gasteiger partial charge in [0.1, 0.15) is 5.82 Å². The quantitative estimate of drug-likeness (QED) is 0.354. The van der Waals surface area contributed by atoms with Crippen LogP contribution in [0.5, 0.6) is 0 Å². The number of carbonyl (C=O) groups excluding carboxylic acids is 2. The third-order valence-corrected chi connectivity index (χ3v) is 4.45. The van der Waals surface area contributed by atoms with E-state index < -0.39 is 12.0 Å². The molecule has 0 radical (unpaired) electrons. The molecule has 7 heteroatoms. The van der Waals surface area contributed by atoms with E-state index in [1.807, 2.05) is 21.1 Å². The topological polar surface area (TPSA) is 78.5 Å². The summed E-state index contributed by atoms with van der Waals surface area (Å²) in [4.78, 5) is 23.0. The third-order valence-electron chi connectivity index (χ3n) is 4.45. The Bertz CT molecular complexity index is 631. The standard InChI is InChI=1S/C22H35FN2O4/c1-25(2,3)16-19(15-22(27)28)24-21(26)13-7-5-4-6-10-14-29-17-18-11-8-9-12-20(18)23/h8-9,11-12,19H,4-7,10,13-17H2,1-3H3,(H-,24,26,27,28)/t19-/m1/s1. The largest absolute Gasteiger partial charge is 0.550 e. The molecule has 1 aromatic carbocycles. The molecule has 0 aliphatic carbocycles. The Hall–Kier alpha value is -1.99. The fourth-order valence-electron chi connectivity index (χ4n) is 3.14. The van der Waals surface area contributed by atoms with Crippen LogP contribution in [-0.2, 0) is 20.9 Å². The summed E-state index contributed by atoms with van der Waals surface area (Å²) in [5, 5.41) is 13.7. The zero-order valence-corrected chi connectivity index (χ0v) is 17.9. The molecule has 0 bridgehead atoms. The Labute approximate surface area is 173 Å². The van der Waals surface area contributed by atoms with E-state index in [1.165, 1.54) is 6.07 Å². The Morgan fingerprint density at radius 3 is 2.41 bits per heavy atom. The molecule has 6 nitrogen and oxygen atoms in total. The number of ether oxygens (including phenoxy) is 1. The van der Waals surface area contributed by atoms with Crippen LogP contribution in [0.1, 0.15) is 50.5 Å². The van der Waals surface area contributed by atoms with Gasteiger partial charge < -0.3 is 24.4 Å². The number of benzene rings is 1. The maximum atomic E-state index is 13.4. The smallest absolute Gasteiger partial charge is 0.220 e. The minimum atomic E-state index is -1.15. The normalized spacial score (nSPS) is 12.6. The van der Waals surface area contributed by atoms with Crippen molar-refractivity contribution in [3.05, 3.63) is 35.6 Å². The van der Waals surface area contributed by atoms with Crippen LogP contribution in [0.2, 0.25) is 0 Å². The second-order valence-corrected chi connectivity index (χ2v) is 8.48. The fourth-order valence-corrected chi connectivity index (χ4v) is 3.14. The maximum absolute atomic E-state index is 13.4. The molecule has 0 heterocycles. The Balaban J connectivity index is 2.09. The van der Waals surface area contributed by atoms with E-state index in [4.69, 9.17) is 4.74 Å². The van der Waals surface area contributed by atoms with Gasteiger partial charge in [-0.05, 0) is 18.9 Å². The molecular weight excluding hydrogens is 375 g/mol. The number of hydrogen-bond acceptors (Lipinski definition) is 4. The number of nitrogens with one attached hydrogen (secondary N) is 1. The van der Waals surface area contributed by atoms with E-state index in [9.17, 15) is 19.1 Å². The lowest BCUT2D eigenvalue weighted by Crippen LogP contribution is -2.50. The molecule has 0 unspecified atom stereocenters. The van der Waals surface area contributed by atoms with Crippen molar-refractivity contribution in [2.75, 3.05) is 34.3 Å². The van der Waals surface area contributed by atoms with Gasteiger partial charge in [-0.3, -0.25) is 4.79 Å². The van der Waals surface area contributed by atoms with Gasteiger partial charge in [-0.15, -0.1) is 0 Å². The van der Waals surface area contributed by atoms with E-state index in [-0.39, 0.29) is 24.8 Å². The molecule has 0 saturated carbocycles. The number of carboxylic acid groups (broad SMARTS) is 1. The minimum Gasteiger partial charge on any atom is -0.550 e. The summed E-state index contributed by atoms with van der Waals surface area (Å²) < 4.78 is 19.5. The van der Waals surface area contributed by atoms with Gasteiger partial charge >= 0.3 is 0 Å². The average Bonchev–Trinajstić information content (AvgIpc) is 2.59. The first kappa shape index (κ1) is 25.0. The van der Waals surface area contributed by atoms with Crippen molar-refractivity contribution in [2.24, 2.45) is 0 Å². The van der Waals surface area contributed by atoms with E-state index >= 15 is 0 Å². The van der Waals surface area contributed by atoms with Gasteiger partial charge in [0.25, 0.3) is 0 Å². The number of likely N-dealkylation sites (N-methyl/N-ethyl adjacent to an activating group) is 1. The molecule has 0 spiro atoms. The van der Waals surface area contributed by atoms with Crippen LogP contribution in [0.25, 0.3) is 0 Å². The number of rotatable bonds is 15. The van der Waals surface area contributed by atoms with Gasteiger partial charge in [-0.25, -0.2) is 4.39 Å². The molecule has 1 atom stereocenters. The average molecular weight is 411 g/mol. The number of halogens is 1. The minimum absolute atomic E-state index is 0.113. The summed E-state index contributed by atoms with van der Waals surface area (Å²) in [7, 11) is 5.86. The maximum Gasteiger partial charge on any atom is 0.220 e. The number of carbonyl (C=O) groups is 2. The summed E-state index contributed by atoms with van der Waals surface area (Å²) >= 11 is 0. The number of unbranched alkanes of at least 4 members (excludes halogenated alkanes) is 4. The highest BCUT2D eigenvalue weighted by molar-refractivity contribution is 5.77. The van der Waals surface area contributed by atoms with Crippen molar-refractivity contribution in [3.63, 3.8) is 0 Å². The zero-order chi connectivity index (χ0) is 21.7. The van der Waals surface area contributed by atoms with E-state index in [0.717, 1.165) is 32.1 Å². The van der Waals surface area contributed by atoms with E-state index in [0.29, 0.717) is 29.6 Å². The van der Waals surface area contributed by atoms with Crippen molar-refractivity contribution in [1.29, 1.82) is 0 Å². The van der Waals surface area contributed by atoms with Gasteiger partial charge in [0.15, 0.2) is 0 Å². The number of quaternary nitrogens is 1. The Morgan fingerprint density at radius 2 is 1.76 bits per heavy atom. The van der Waals surface area contributed by atoms with Gasteiger partial charge in [-0.1, -0.05) is 37.5 Å². The molecule has 1 amide bonds. The first-order chi connectivity index (χ1) is 13.7. The van der Waals surface area contributed by atoms with Crippen LogP contribution in [0.4, 0.5) is 4.39 Å². The predicted octanol–water partition coefficient (Wildman–Crippen LogP) is 2.01. The van der Waals surface area contributed by atoms with E-state index in [1.54, 1.807) is 18.2 Å². The highest BCUT2D eigenvalue weighted by Gasteiger charge is 2.20. The number of amides is 1. The van der Waals surface area contributed by atoms with Crippen molar-refractivity contribution in [2.45, 2.75) is 57.6 Å². The van der Waals surface area contributed by atoms with Crippen molar-refractivity contribution in [1.82, 2.24) is 5.32 Å². The highest BCUT2D eigenvalue weighted by atomic mass is 19.1. The molecule has 29 heavy (non-hydrogen) atoms. The van der Waals surface area contributed by atoms with Crippen LogP contribution in [0, 0.1) is 5.82 Å². The zero-order valence-electron chi connectivity index (χ0n) is 17.9. The van der Waals surface area contributed by atoms with Crippen LogP contribution >= 0.6 is 0 Å². The first-order valence-corrected chi connectivity index (χ1v) is 10.3. The molecule has 0 aromatic heterocycles. The second-order valence-electron chi connectivity index (χ2n) is 8.48. The Morgan fingerprint density at radius 1 is 1.10 bits per heavy atom. The number of aliphatic carboxylic acids is 1. The highest BCUT2D eigenvalue weighted by Crippen LogP contribution is 2.10. The van der Waals surface area contributed by atoms with Crippen molar-refractivity contribution < 1.29 is 28.3 Å². The molecule has 0 fully saturated rings. The lowest BCUT2D eigenvalue weighted by atomic mass is 10.1. The van der Waals surface area contributed by atoms with Gasteiger partial charge in [0.2, 0.25) is 5.91 Å². The van der Waals surface area contributed by atoms with Crippen LogP contribution < -0.4 is 10.4 Å². The summed E-state index contributed by atoms with van der Waals surface area (Å²) in [6, 6.07) is 6.18. The lowest BCUT2D eigenvalue weighted by Gasteiger charge is -2.30. The van der Waals surface area contributed by atoms with Gasteiger partial charge in [0, 0.05) is 31.0 Å². The van der Waals surface area contributed by atoms with Gasteiger partial charge in [0.05, 0.1) is 40.3 Å². The Kier molecular flexibility index (Phi) is 11.5. The molecule has 0 aliphatic heterocycles.